The van der Waals surface area contributed by atoms with Crippen molar-refractivity contribution in [3.8, 4) is 22.8 Å². The molecule has 0 N–H and O–H groups in total. The Morgan fingerprint density at radius 3 is 2.62 bits per heavy atom. The summed E-state index contributed by atoms with van der Waals surface area (Å²) < 4.78 is 12.6. The number of rotatable bonds is 7. The highest BCUT2D eigenvalue weighted by Crippen LogP contribution is 2.38. The number of nitrogens with zero attached hydrogens (tertiary/aromatic N) is 5. The zero-order valence-electron chi connectivity index (χ0n) is 18.8. The van der Waals surface area contributed by atoms with E-state index in [1.54, 1.807) is 53.8 Å². The Morgan fingerprint density at radius 2 is 1.88 bits per heavy atom. The summed E-state index contributed by atoms with van der Waals surface area (Å²) >= 11 is 1.61. The number of amides is 1. The predicted octanol–water partition coefficient (Wildman–Crippen LogP) is 4.40. The molecule has 0 saturated carbocycles. The van der Waals surface area contributed by atoms with E-state index < -0.39 is 0 Å². The van der Waals surface area contributed by atoms with Gasteiger partial charge in [0.25, 0.3) is 5.91 Å². The number of hydrogen-bond acceptors (Lipinski definition) is 7. The van der Waals surface area contributed by atoms with E-state index in [1.807, 2.05) is 53.9 Å². The van der Waals surface area contributed by atoms with Crippen LogP contribution in [0.25, 0.3) is 11.3 Å². The topological polar surface area (TPSA) is 81.8 Å². The molecule has 4 aromatic rings. The summed E-state index contributed by atoms with van der Waals surface area (Å²) in [5.41, 5.74) is 3.61. The summed E-state index contributed by atoms with van der Waals surface area (Å²) in [7, 11) is 3.20. The van der Waals surface area contributed by atoms with Crippen molar-refractivity contribution >= 4 is 23.0 Å². The molecule has 1 aliphatic heterocycles. The molecule has 0 radical (unpaired) electrons. The van der Waals surface area contributed by atoms with Crippen LogP contribution < -0.4 is 9.47 Å². The molecule has 0 saturated heterocycles. The van der Waals surface area contributed by atoms with Gasteiger partial charge in [-0.05, 0) is 47.3 Å². The van der Waals surface area contributed by atoms with Crippen LogP contribution in [0.2, 0.25) is 0 Å². The second kappa shape index (κ2) is 9.48. The molecule has 0 aliphatic carbocycles. The highest BCUT2D eigenvalue weighted by atomic mass is 32.1. The molecule has 1 unspecified atom stereocenters. The van der Waals surface area contributed by atoms with Crippen LogP contribution >= 0.6 is 11.3 Å². The first-order valence-corrected chi connectivity index (χ1v) is 11.6. The van der Waals surface area contributed by atoms with E-state index in [-0.39, 0.29) is 18.5 Å². The van der Waals surface area contributed by atoms with Crippen LogP contribution in [0, 0.1) is 0 Å². The maximum Gasteiger partial charge on any atom is 0.264 e. The lowest BCUT2D eigenvalue weighted by Crippen LogP contribution is -2.31. The first kappa shape index (κ1) is 21.8. The quantitative estimate of drug-likeness (QED) is 0.397. The maximum absolute atomic E-state index is 13.6. The van der Waals surface area contributed by atoms with Gasteiger partial charge in [-0.15, -0.1) is 11.3 Å². The third kappa shape index (κ3) is 4.17. The Kier molecular flexibility index (Phi) is 6.09. The predicted molar refractivity (Wildman–Crippen MR) is 130 cm³/mol. The minimum atomic E-state index is -0.260. The second-order valence-corrected chi connectivity index (χ2v) is 8.65. The molecule has 9 heteroatoms. The SMILES string of the molecule is COc1ccc(C2CC(c3cccs3)=NN2C(=O)Cn2nccc2-c2ccncc2)cc1OC. The molecule has 1 aromatic carbocycles. The van der Waals surface area contributed by atoms with E-state index in [2.05, 4.69) is 10.1 Å². The van der Waals surface area contributed by atoms with Crippen molar-refractivity contribution in [1.82, 2.24) is 19.8 Å². The molecule has 3 aromatic heterocycles. The molecule has 1 atom stereocenters. The molecule has 8 nitrogen and oxygen atoms in total. The van der Waals surface area contributed by atoms with E-state index in [4.69, 9.17) is 14.6 Å². The summed E-state index contributed by atoms with van der Waals surface area (Å²) in [6.45, 7) is 0.0651. The molecular formula is C25H23N5O3S. The first-order valence-electron chi connectivity index (χ1n) is 10.8. The highest BCUT2D eigenvalue weighted by molar-refractivity contribution is 7.12. The lowest BCUT2D eigenvalue weighted by atomic mass is 10.0. The third-order valence-electron chi connectivity index (χ3n) is 5.74. The Morgan fingerprint density at radius 1 is 1.06 bits per heavy atom. The number of hydrazone groups is 1. The molecular weight excluding hydrogens is 450 g/mol. The van der Waals surface area contributed by atoms with Gasteiger partial charge < -0.3 is 9.47 Å². The summed E-state index contributed by atoms with van der Waals surface area (Å²) in [4.78, 5) is 18.7. The van der Waals surface area contributed by atoms with E-state index >= 15 is 0 Å². The summed E-state index contributed by atoms with van der Waals surface area (Å²) in [5, 5.41) is 12.7. The standard InChI is InChI=1S/C25H23N5O3S/c1-32-22-6-5-18(14-23(22)33-2)21-15-19(24-4-3-13-34-24)28-30(21)25(31)16-29-20(9-12-27-29)17-7-10-26-11-8-17/h3-14,21H,15-16H2,1-2H3. The molecule has 4 heterocycles. The molecule has 1 aliphatic rings. The zero-order valence-corrected chi connectivity index (χ0v) is 19.6. The number of hydrogen-bond donors (Lipinski definition) is 0. The van der Waals surface area contributed by atoms with Crippen LogP contribution in [0.1, 0.15) is 22.9 Å². The molecule has 1 amide bonds. The lowest BCUT2D eigenvalue weighted by molar-refractivity contribution is -0.133. The minimum absolute atomic E-state index is 0.0651. The number of pyridine rings is 1. The van der Waals surface area contributed by atoms with Crippen molar-refractivity contribution in [2.45, 2.75) is 19.0 Å². The van der Waals surface area contributed by atoms with Crippen LogP contribution in [-0.2, 0) is 11.3 Å². The van der Waals surface area contributed by atoms with Crippen LogP contribution in [-0.4, -0.2) is 45.6 Å². The molecule has 0 fully saturated rings. The molecule has 0 bridgehead atoms. The fourth-order valence-electron chi connectivity index (χ4n) is 4.08. The van der Waals surface area contributed by atoms with Crippen LogP contribution in [0.15, 0.2) is 77.6 Å². The van der Waals surface area contributed by atoms with Gasteiger partial charge in [0.15, 0.2) is 11.5 Å². The van der Waals surface area contributed by atoms with Gasteiger partial charge in [-0.3, -0.25) is 14.5 Å². The van der Waals surface area contributed by atoms with Crippen molar-refractivity contribution in [3.05, 3.63) is 82.9 Å². The van der Waals surface area contributed by atoms with E-state index in [0.717, 1.165) is 27.4 Å². The van der Waals surface area contributed by atoms with Gasteiger partial charge in [0.05, 0.1) is 36.5 Å². The van der Waals surface area contributed by atoms with Crippen LogP contribution in [0.4, 0.5) is 0 Å². The van der Waals surface area contributed by atoms with Gasteiger partial charge in [-0.25, -0.2) is 5.01 Å². The highest BCUT2D eigenvalue weighted by Gasteiger charge is 2.34. The summed E-state index contributed by atoms with van der Waals surface area (Å²) in [5.74, 6) is 1.11. The van der Waals surface area contributed by atoms with E-state index in [1.165, 1.54) is 0 Å². The number of thiophene rings is 1. The Bertz CT molecular complexity index is 1320. The van der Waals surface area contributed by atoms with Crippen molar-refractivity contribution in [1.29, 1.82) is 0 Å². The minimum Gasteiger partial charge on any atom is -0.493 e. The Labute approximate surface area is 201 Å². The molecule has 0 spiro atoms. The number of benzene rings is 1. The van der Waals surface area contributed by atoms with Gasteiger partial charge in [0, 0.05) is 30.6 Å². The normalized spacial score (nSPS) is 15.3. The Balaban J connectivity index is 1.47. The average Bonchev–Trinajstić information content (AvgIpc) is 3.64. The van der Waals surface area contributed by atoms with Gasteiger partial charge in [-0.1, -0.05) is 12.1 Å². The lowest BCUT2D eigenvalue weighted by Gasteiger charge is -2.23. The van der Waals surface area contributed by atoms with Gasteiger partial charge in [0.1, 0.15) is 6.54 Å². The van der Waals surface area contributed by atoms with Gasteiger partial charge in [-0.2, -0.15) is 10.2 Å². The van der Waals surface area contributed by atoms with Crippen molar-refractivity contribution in [3.63, 3.8) is 0 Å². The largest absolute Gasteiger partial charge is 0.493 e. The zero-order chi connectivity index (χ0) is 23.5. The van der Waals surface area contributed by atoms with Crippen molar-refractivity contribution in [2.24, 2.45) is 5.10 Å². The number of ether oxygens (including phenoxy) is 2. The molecule has 172 valence electrons. The maximum atomic E-state index is 13.6. The van der Waals surface area contributed by atoms with Crippen molar-refractivity contribution < 1.29 is 14.3 Å². The first-order chi connectivity index (χ1) is 16.7. The smallest absolute Gasteiger partial charge is 0.264 e. The molecule has 5 rings (SSSR count). The monoisotopic (exact) mass is 473 g/mol. The van der Waals surface area contributed by atoms with Crippen LogP contribution in [0.5, 0.6) is 11.5 Å². The Hall–Kier alpha value is -3.98. The second-order valence-electron chi connectivity index (χ2n) is 7.71. The summed E-state index contributed by atoms with van der Waals surface area (Å²) in [6.07, 6.45) is 5.75. The molecule has 34 heavy (non-hydrogen) atoms. The van der Waals surface area contributed by atoms with Gasteiger partial charge >= 0.3 is 0 Å². The van der Waals surface area contributed by atoms with Crippen molar-refractivity contribution in [2.75, 3.05) is 14.2 Å². The average molecular weight is 474 g/mol. The van der Waals surface area contributed by atoms with E-state index in [0.29, 0.717) is 17.9 Å². The third-order valence-corrected chi connectivity index (χ3v) is 6.66. The van der Waals surface area contributed by atoms with Gasteiger partial charge in [0.2, 0.25) is 0 Å². The number of methoxy groups -OCH3 is 2. The fraction of sp³-hybridized carbons (Fsp3) is 0.200. The van der Waals surface area contributed by atoms with E-state index in [9.17, 15) is 4.79 Å². The number of carbonyl (C=O) groups is 1. The number of aromatic nitrogens is 3. The summed E-state index contributed by atoms with van der Waals surface area (Å²) in [6, 6.07) is 15.2. The fourth-order valence-corrected chi connectivity index (χ4v) is 4.80. The van der Waals surface area contributed by atoms with Crippen LogP contribution in [0.3, 0.4) is 0 Å². The number of carbonyl (C=O) groups excluding carboxylic acids is 1.